The van der Waals surface area contributed by atoms with Gasteiger partial charge in [0.05, 0.1) is 11.9 Å². The summed E-state index contributed by atoms with van der Waals surface area (Å²) in [6.45, 7) is 5.81. The van der Waals surface area contributed by atoms with Gasteiger partial charge in [0.1, 0.15) is 5.82 Å². The van der Waals surface area contributed by atoms with Gasteiger partial charge in [0.25, 0.3) is 0 Å². The van der Waals surface area contributed by atoms with Crippen molar-refractivity contribution in [2.45, 2.75) is 59.0 Å². The molecule has 2 aromatic heterocycles. The molecule has 7 heteroatoms. The summed E-state index contributed by atoms with van der Waals surface area (Å²) in [5, 5.41) is 8.49. The number of hydrogen-bond acceptors (Lipinski definition) is 4. The van der Waals surface area contributed by atoms with E-state index in [9.17, 15) is 9.59 Å². The van der Waals surface area contributed by atoms with Gasteiger partial charge in [-0.05, 0) is 50.3 Å². The number of rotatable bonds is 6. The summed E-state index contributed by atoms with van der Waals surface area (Å²) >= 11 is 0. The Labute approximate surface area is 169 Å². The van der Waals surface area contributed by atoms with E-state index in [-0.39, 0.29) is 11.6 Å². The predicted octanol–water partition coefficient (Wildman–Crippen LogP) is 2.30. The molecule has 1 N–H and O–H groups in total. The fourth-order valence-electron chi connectivity index (χ4n) is 4.10. The monoisotopic (exact) mass is 393 g/mol. The third-order valence-corrected chi connectivity index (χ3v) is 5.72. The van der Waals surface area contributed by atoms with Gasteiger partial charge in [0, 0.05) is 37.1 Å². The maximum Gasteiger partial charge on any atom is 0.345 e. The minimum absolute atomic E-state index is 0.0234. The fourth-order valence-corrected chi connectivity index (χ4v) is 4.10. The van der Waals surface area contributed by atoms with Crippen molar-refractivity contribution in [2.24, 2.45) is 0 Å². The first-order valence-electron chi connectivity index (χ1n) is 10.3. The molecule has 7 nitrogen and oxygen atoms in total. The lowest BCUT2D eigenvalue weighted by atomic mass is 9.99. The molecule has 0 unspecified atom stereocenters. The molecule has 4 rings (SSSR count). The number of benzene rings is 1. The molecule has 0 fully saturated rings. The summed E-state index contributed by atoms with van der Waals surface area (Å²) in [5.41, 5.74) is 3.92. The number of nitrogens with one attached hydrogen (secondary N) is 1. The van der Waals surface area contributed by atoms with E-state index < -0.39 is 0 Å². The van der Waals surface area contributed by atoms with Gasteiger partial charge in [-0.25, -0.2) is 9.48 Å². The van der Waals surface area contributed by atoms with Crippen LogP contribution in [0.15, 0.2) is 29.1 Å². The maximum atomic E-state index is 12.5. The highest BCUT2D eigenvalue weighted by Crippen LogP contribution is 2.22. The molecular formula is C22H27N5O2. The summed E-state index contributed by atoms with van der Waals surface area (Å²) in [5.74, 6) is 0.866. The minimum Gasteiger partial charge on any atom is -0.356 e. The van der Waals surface area contributed by atoms with Crippen molar-refractivity contribution in [2.75, 3.05) is 6.54 Å². The lowest BCUT2D eigenvalue weighted by molar-refractivity contribution is -0.120. The summed E-state index contributed by atoms with van der Waals surface area (Å²) in [4.78, 5) is 29.4. The fraction of sp³-hybridized carbons (Fsp3) is 0.455. The molecule has 1 aliphatic heterocycles. The summed E-state index contributed by atoms with van der Waals surface area (Å²) in [6.07, 6.45) is 3.99. The van der Waals surface area contributed by atoms with Crippen molar-refractivity contribution < 1.29 is 4.79 Å². The Bertz CT molecular complexity index is 1110. The molecule has 152 valence electrons. The molecule has 0 saturated heterocycles. The number of aryl methyl sites for hydroxylation is 4. The average molecular weight is 393 g/mol. The van der Waals surface area contributed by atoms with Gasteiger partial charge in [0.15, 0.2) is 0 Å². The van der Waals surface area contributed by atoms with E-state index in [2.05, 4.69) is 15.4 Å². The molecule has 0 aliphatic carbocycles. The second kappa shape index (κ2) is 8.19. The van der Waals surface area contributed by atoms with Gasteiger partial charge in [-0.3, -0.25) is 14.3 Å². The summed E-state index contributed by atoms with van der Waals surface area (Å²) in [6, 6.07) is 8.00. The maximum absolute atomic E-state index is 12.5. The highest BCUT2D eigenvalue weighted by atomic mass is 16.2. The molecule has 3 aromatic rings. The molecule has 1 aliphatic rings. The van der Waals surface area contributed by atoms with Gasteiger partial charge in [-0.15, -0.1) is 0 Å². The van der Waals surface area contributed by atoms with Crippen LogP contribution in [0.4, 0.5) is 0 Å². The van der Waals surface area contributed by atoms with Crippen LogP contribution in [-0.2, 0) is 30.7 Å². The number of para-hydroxylation sites is 1. The van der Waals surface area contributed by atoms with Gasteiger partial charge in [-0.2, -0.15) is 5.10 Å². The van der Waals surface area contributed by atoms with E-state index in [0.29, 0.717) is 25.9 Å². The van der Waals surface area contributed by atoms with Crippen molar-refractivity contribution >= 4 is 16.8 Å². The first-order valence-corrected chi connectivity index (χ1v) is 10.3. The van der Waals surface area contributed by atoms with Crippen LogP contribution < -0.4 is 11.0 Å². The smallest absolute Gasteiger partial charge is 0.345 e. The Morgan fingerprint density at radius 2 is 2.03 bits per heavy atom. The number of fused-ring (bicyclic) bond motifs is 2. The Balaban J connectivity index is 1.34. The lowest BCUT2D eigenvalue weighted by Crippen LogP contribution is -2.30. The first-order chi connectivity index (χ1) is 14.0. The Morgan fingerprint density at radius 1 is 1.21 bits per heavy atom. The highest BCUT2D eigenvalue weighted by molar-refractivity contribution is 5.86. The van der Waals surface area contributed by atoms with Crippen molar-refractivity contribution in [1.29, 1.82) is 0 Å². The Kier molecular flexibility index (Phi) is 5.47. The van der Waals surface area contributed by atoms with Crippen LogP contribution in [0.1, 0.15) is 41.9 Å². The van der Waals surface area contributed by atoms with E-state index in [4.69, 9.17) is 0 Å². The van der Waals surface area contributed by atoms with Gasteiger partial charge in [-0.1, -0.05) is 18.2 Å². The van der Waals surface area contributed by atoms with E-state index in [1.165, 1.54) is 4.68 Å². The molecule has 1 amide bonds. The molecule has 3 heterocycles. The van der Waals surface area contributed by atoms with Crippen LogP contribution in [0.25, 0.3) is 10.9 Å². The number of amides is 1. The third-order valence-electron chi connectivity index (χ3n) is 5.72. The quantitative estimate of drug-likeness (QED) is 0.652. The van der Waals surface area contributed by atoms with Crippen LogP contribution in [0.3, 0.4) is 0 Å². The van der Waals surface area contributed by atoms with E-state index in [1.807, 2.05) is 38.1 Å². The van der Waals surface area contributed by atoms with Crippen LogP contribution in [0.2, 0.25) is 0 Å². The van der Waals surface area contributed by atoms with Crippen LogP contribution in [0.5, 0.6) is 0 Å². The molecule has 0 atom stereocenters. The summed E-state index contributed by atoms with van der Waals surface area (Å²) in [7, 11) is 0. The zero-order chi connectivity index (χ0) is 20.4. The number of aromatic nitrogens is 4. The van der Waals surface area contributed by atoms with Crippen molar-refractivity contribution in [3.63, 3.8) is 0 Å². The van der Waals surface area contributed by atoms with Gasteiger partial charge < -0.3 is 5.32 Å². The second-order valence-corrected chi connectivity index (χ2v) is 7.73. The third kappa shape index (κ3) is 3.95. The van der Waals surface area contributed by atoms with Gasteiger partial charge in [0.2, 0.25) is 5.91 Å². The van der Waals surface area contributed by atoms with Crippen LogP contribution in [0, 0.1) is 13.8 Å². The SMILES string of the molecule is Cc1nc2ccccc2c(C)c1CC(=O)NCCCn1nc2n(c1=O)CCCC2. The molecule has 0 radical (unpaired) electrons. The first kappa shape index (κ1) is 19.4. The number of nitrogens with zero attached hydrogens (tertiary/aromatic N) is 4. The van der Waals surface area contributed by atoms with Crippen molar-refractivity contribution in [1.82, 2.24) is 24.6 Å². The number of hydrogen-bond donors (Lipinski definition) is 1. The van der Waals surface area contributed by atoms with Crippen LogP contribution in [-0.4, -0.2) is 31.8 Å². The van der Waals surface area contributed by atoms with Crippen molar-refractivity contribution in [3.8, 4) is 0 Å². The number of pyridine rings is 1. The molecule has 0 bridgehead atoms. The zero-order valence-electron chi connectivity index (χ0n) is 17.1. The molecule has 0 spiro atoms. The van der Waals surface area contributed by atoms with E-state index >= 15 is 0 Å². The zero-order valence-corrected chi connectivity index (χ0v) is 17.1. The number of carbonyl (C=O) groups is 1. The lowest BCUT2D eigenvalue weighted by Gasteiger charge is -2.12. The minimum atomic E-state index is -0.0282. The molecule has 1 aromatic carbocycles. The Hall–Kier alpha value is -2.96. The summed E-state index contributed by atoms with van der Waals surface area (Å²) < 4.78 is 3.31. The standard InChI is InChI=1S/C22H27N5O2/c1-15-17-8-3-4-9-19(17)24-16(2)18(15)14-21(28)23-11-7-13-27-22(29)26-12-6-5-10-20(26)25-27/h3-4,8-9H,5-7,10-14H2,1-2H3,(H,23,28). The average Bonchev–Trinajstić information content (AvgIpc) is 3.04. The normalized spacial score (nSPS) is 13.4. The largest absolute Gasteiger partial charge is 0.356 e. The predicted molar refractivity (Wildman–Crippen MR) is 112 cm³/mol. The second-order valence-electron chi connectivity index (χ2n) is 7.73. The Morgan fingerprint density at radius 3 is 2.86 bits per heavy atom. The number of carbonyl (C=O) groups excluding carboxylic acids is 1. The van der Waals surface area contributed by atoms with E-state index in [1.54, 1.807) is 4.57 Å². The van der Waals surface area contributed by atoms with Gasteiger partial charge >= 0.3 is 5.69 Å². The van der Waals surface area contributed by atoms with E-state index in [0.717, 1.165) is 59.4 Å². The molecule has 0 saturated carbocycles. The molecule has 29 heavy (non-hydrogen) atoms. The topological polar surface area (TPSA) is 81.8 Å². The highest BCUT2D eigenvalue weighted by Gasteiger charge is 2.16. The van der Waals surface area contributed by atoms with Crippen molar-refractivity contribution in [3.05, 3.63) is 57.4 Å². The molecular weight excluding hydrogens is 366 g/mol. The van der Waals surface area contributed by atoms with Crippen LogP contribution >= 0.6 is 0 Å².